The van der Waals surface area contributed by atoms with Gasteiger partial charge in [-0.2, -0.15) is 5.10 Å². The second-order valence-electron chi connectivity index (χ2n) is 8.30. The molecule has 41 heavy (non-hydrogen) atoms. The van der Waals surface area contributed by atoms with E-state index in [-0.39, 0.29) is 22.1 Å². The maximum atomic E-state index is 12.6. The molecule has 0 aliphatic carbocycles. The van der Waals surface area contributed by atoms with Crippen LogP contribution in [-0.2, 0) is 6.61 Å². The molecule has 0 atom stereocenters. The van der Waals surface area contributed by atoms with Crippen LogP contribution < -0.4 is 19.6 Å². The van der Waals surface area contributed by atoms with Gasteiger partial charge < -0.3 is 14.2 Å². The van der Waals surface area contributed by atoms with Crippen LogP contribution in [0.5, 0.6) is 23.0 Å². The minimum atomic E-state index is -0.791. The van der Waals surface area contributed by atoms with Crippen molar-refractivity contribution in [3.05, 3.63) is 127 Å². The van der Waals surface area contributed by atoms with Crippen molar-refractivity contribution < 1.29 is 28.9 Å². The van der Waals surface area contributed by atoms with E-state index in [1.807, 2.05) is 30.3 Å². The van der Waals surface area contributed by atoms with Crippen LogP contribution in [0.4, 0.5) is 11.4 Å². The van der Waals surface area contributed by atoms with E-state index in [0.29, 0.717) is 23.7 Å². The number of benzene rings is 4. The maximum Gasteiger partial charge on any atom is 0.318 e. The number of non-ortho nitro benzene ring substituents is 1. The molecule has 0 radical (unpaired) electrons. The van der Waals surface area contributed by atoms with Crippen LogP contribution in [0, 0.1) is 20.2 Å². The van der Waals surface area contributed by atoms with Gasteiger partial charge in [0.15, 0.2) is 11.5 Å². The predicted octanol–water partition coefficient (Wildman–Crippen LogP) is 6.30. The number of amides is 1. The Morgan fingerprint density at radius 2 is 1.63 bits per heavy atom. The highest BCUT2D eigenvalue weighted by Crippen LogP contribution is 2.37. The molecule has 0 aliphatic heterocycles. The third kappa shape index (κ3) is 7.34. The van der Waals surface area contributed by atoms with E-state index in [2.05, 4.69) is 10.5 Å². The number of nitro groups is 2. The predicted molar refractivity (Wildman–Crippen MR) is 150 cm³/mol. The molecule has 4 aromatic rings. The average Bonchev–Trinajstić information content (AvgIpc) is 2.97. The molecule has 4 aromatic carbocycles. The molecule has 208 valence electrons. The number of hydrogen-bond donors (Lipinski definition) is 1. The Morgan fingerprint density at radius 3 is 2.32 bits per heavy atom. The largest absolute Gasteiger partial charge is 0.493 e. The van der Waals surface area contributed by atoms with Gasteiger partial charge in [0.25, 0.3) is 11.6 Å². The number of hydrazone groups is 1. The molecule has 0 spiro atoms. The summed E-state index contributed by atoms with van der Waals surface area (Å²) in [6, 6.07) is 21.8. The van der Waals surface area contributed by atoms with Crippen molar-refractivity contribution in [3.63, 3.8) is 0 Å². The van der Waals surface area contributed by atoms with Gasteiger partial charge in [-0.1, -0.05) is 41.9 Å². The first-order chi connectivity index (χ1) is 19.7. The normalized spacial score (nSPS) is 10.7. The minimum absolute atomic E-state index is 0.0754. The van der Waals surface area contributed by atoms with Gasteiger partial charge in [0.05, 0.1) is 34.3 Å². The zero-order valence-electron chi connectivity index (χ0n) is 21.4. The highest BCUT2D eigenvalue weighted by molar-refractivity contribution is 6.32. The monoisotopic (exact) mass is 576 g/mol. The summed E-state index contributed by atoms with van der Waals surface area (Å²) in [6.45, 7) is 0.337. The third-order valence-corrected chi connectivity index (χ3v) is 5.86. The SMILES string of the molecule is COc1cc(C(=O)N/N=C/c2ccc(Oc3ccc([N+](=O)[O-])cc3[N+](=O)[O-])c(Cl)c2)ccc1OCc1ccccc1. The fraction of sp³-hybridized carbons (Fsp3) is 0.0714. The van der Waals surface area contributed by atoms with Crippen molar-refractivity contribution in [2.75, 3.05) is 7.11 Å². The molecule has 0 aliphatic rings. The topological polar surface area (TPSA) is 155 Å². The highest BCUT2D eigenvalue weighted by atomic mass is 35.5. The molecule has 0 aromatic heterocycles. The summed E-state index contributed by atoms with van der Waals surface area (Å²) in [5.41, 5.74) is 3.14. The smallest absolute Gasteiger partial charge is 0.318 e. The van der Waals surface area contributed by atoms with Crippen molar-refractivity contribution in [3.8, 4) is 23.0 Å². The van der Waals surface area contributed by atoms with Crippen LogP contribution in [0.3, 0.4) is 0 Å². The molecule has 0 saturated carbocycles. The van der Waals surface area contributed by atoms with Crippen molar-refractivity contribution in [2.45, 2.75) is 6.61 Å². The van der Waals surface area contributed by atoms with Gasteiger partial charge in [0, 0.05) is 11.6 Å². The quantitative estimate of drug-likeness (QED) is 0.124. The number of carbonyl (C=O) groups excluding carboxylic acids is 1. The number of carbonyl (C=O) groups is 1. The number of halogens is 1. The molecule has 0 bridgehead atoms. The van der Waals surface area contributed by atoms with E-state index in [4.69, 9.17) is 25.8 Å². The van der Waals surface area contributed by atoms with E-state index in [9.17, 15) is 25.0 Å². The Kier molecular flexibility index (Phi) is 9.07. The number of hydrogen-bond acceptors (Lipinski definition) is 9. The maximum absolute atomic E-state index is 12.6. The number of ether oxygens (including phenoxy) is 3. The molecule has 1 N–H and O–H groups in total. The van der Waals surface area contributed by atoms with Crippen LogP contribution >= 0.6 is 11.6 Å². The van der Waals surface area contributed by atoms with Gasteiger partial charge >= 0.3 is 5.69 Å². The molecule has 0 fully saturated rings. The summed E-state index contributed by atoms with van der Waals surface area (Å²) in [6.07, 6.45) is 1.34. The summed E-state index contributed by atoms with van der Waals surface area (Å²) >= 11 is 6.27. The van der Waals surface area contributed by atoms with Crippen molar-refractivity contribution in [1.82, 2.24) is 5.43 Å². The zero-order valence-corrected chi connectivity index (χ0v) is 22.1. The van der Waals surface area contributed by atoms with Crippen LogP contribution in [0.1, 0.15) is 21.5 Å². The summed E-state index contributed by atoms with van der Waals surface area (Å²) in [5, 5.41) is 26.3. The summed E-state index contributed by atoms with van der Waals surface area (Å²) < 4.78 is 16.7. The van der Waals surface area contributed by atoms with Crippen LogP contribution in [0.2, 0.25) is 5.02 Å². The number of rotatable bonds is 11. The lowest BCUT2D eigenvalue weighted by molar-refractivity contribution is -0.394. The molecule has 4 rings (SSSR count). The fourth-order valence-electron chi connectivity index (χ4n) is 3.54. The first-order valence-electron chi connectivity index (χ1n) is 11.8. The first-order valence-corrected chi connectivity index (χ1v) is 12.2. The van der Waals surface area contributed by atoms with E-state index in [1.54, 1.807) is 18.2 Å². The number of nitrogens with one attached hydrogen (secondary N) is 1. The van der Waals surface area contributed by atoms with Crippen molar-refractivity contribution in [2.24, 2.45) is 5.10 Å². The van der Waals surface area contributed by atoms with Crippen LogP contribution in [0.15, 0.2) is 90.0 Å². The molecule has 12 nitrogen and oxygen atoms in total. The summed E-state index contributed by atoms with van der Waals surface area (Å²) in [7, 11) is 1.47. The molecular formula is C28H21ClN4O8. The summed E-state index contributed by atoms with van der Waals surface area (Å²) in [4.78, 5) is 33.3. The van der Waals surface area contributed by atoms with E-state index >= 15 is 0 Å². The van der Waals surface area contributed by atoms with E-state index in [1.165, 1.54) is 31.5 Å². The van der Waals surface area contributed by atoms with Crippen LogP contribution in [-0.4, -0.2) is 29.1 Å². The Bertz CT molecular complexity index is 1630. The lowest BCUT2D eigenvalue weighted by Gasteiger charge is -2.12. The van der Waals surface area contributed by atoms with Crippen molar-refractivity contribution in [1.29, 1.82) is 0 Å². The number of nitro benzene ring substituents is 2. The molecule has 1 amide bonds. The van der Waals surface area contributed by atoms with Crippen molar-refractivity contribution >= 4 is 35.1 Å². The minimum Gasteiger partial charge on any atom is -0.493 e. The van der Waals surface area contributed by atoms with Gasteiger partial charge in [-0.25, -0.2) is 5.43 Å². The average molecular weight is 577 g/mol. The molecular weight excluding hydrogens is 556 g/mol. The van der Waals surface area contributed by atoms with E-state index < -0.39 is 27.1 Å². The lowest BCUT2D eigenvalue weighted by Crippen LogP contribution is -2.17. The lowest BCUT2D eigenvalue weighted by atomic mass is 10.2. The Hall–Kier alpha value is -5.49. The zero-order chi connectivity index (χ0) is 29.4. The standard InChI is InChI=1S/C28H21ClN4O8/c1-39-27-14-20(8-11-26(27)40-17-18-5-3-2-4-6-18)28(34)31-30-16-19-7-10-24(22(29)13-19)41-25-12-9-21(32(35)36)15-23(25)33(37)38/h2-16H,17H2,1H3,(H,31,34)/b30-16+. The van der Waals surface area contributed by atoms with Crippen LogP contribution in [0.25, 0.3) is 0 Å². The van der Waals surface area contributed by atoms with Gasteiger partial charge in [0.2, 0.25) is 5.75 Å². The molecule has 0 saturated heterocycles. The Morgan fingerprint density at radius 1 is 0.902 bits per heavy atom. The second-order valence-corrected chi connectivity index (χ2v) is 8.70. The Balaban J connectivity index is 1.39. The number of nitrogens with zero attached hydrogens (tertiary/aromatic N) is 3. The molecule has 0 heterocycles. The fourth-order valence-corrected chi connectivity index (χ4v) is 3.77. The highest BCUT2D eigenvalue weighted by Gasteiger charge is 2.22. The first kappa shape index (κ1) is 28.5. The molecule has 0 unspecified atom stereocenters. The Labute approximate surface area is 238 Å². The van der Waals surface area contributed by atoms with Gasteiger partial charge in [-0.15, -0.1) is 0 Å². The van der Waals surface area contributed by atoms with E-state index in [0.717, 1.165) is 23.8 Å². The van der Waals surface area contributed by atoms with Gasteiger partial charge in [0.1, 0.15) is 12.4 Å². The second kappa shape index (κ2) is 13.0. The molecule has 13 heteroatoms. The number of methoxy groups -OCH3 is 1. The van der Waals surface area contributed by atoms with Gasteiger partial charge in [-0.3, -0.25) is 25.0 Å². The summed E-state index contributed by atoms with van der Waals surface area (Å²) in [5.74, 6) is 0.223. The third-order valence-electron chi connectivity index (χ3n) is 5.57. The van der Waals surface area contributed by atoms with Gasteiger partial charge in [-0.05, 0) is 53.6 Å².